The van der Waals surface area contributed by atoms with Crippen LogP contribution in [0.2, 0.25) is 0 Å². The van der Waals surface area contributed by atoms with E-state index in [9.17, 15) is 14.0 Å². The molecule has 0 spiro atoms. The first-order valence-corrected chi connectivity index (χ1v) is 14.0. The summed E-state index contributed by atoms with van der Waals surface area (Å²) in [7, 11) is 1.81. The molecule has 0 bridgehead atoms. The summed E-state index contributed by atoms with van der Waals surface area (Å²) in [5, 5.41) is 7.14. The number of primary amides is 1. The van der Waals surface area contributed by atoms with Crippen molar-refractivity contribution in [2.45, 2.75) is 53.0 Å². The van der Waals surface area contributed by atoms with Gasteiger partial charge in [-0.3, -0.25) is 14.6 Å². The van der Waals surface area contributed by atoms with Gasteiger partial charge in [0.25, 0.3) is 11.8 Å². The molecule has 0 fully saturated rings. The smallest absolute Gasteiger partial charge is 0.254 e. The van der Waals surface area contributed by atoms with E-state index >= 15 is 0 Å². The van der Waals surface area contributed by atoms with E-state index in [1.165, 1.54) is 23.5 Å². The lowest BCUT2D eigenvalue weighted by molar-refractivity contribution is 0.0924. The second-order valence-corrected chi connectivity index (χ2v) is 10.8. The predicted molar refractivity (Wildman–Crippen MR) is 156 cm³/mol. The number of carbonyl (C=O) groups excluding carboxylic acids is 2. The summed E-state index contributed by atoms with van der Waals surface area (Å²) in [5.41, 5.74) is 9.34. The van der Waals surface area contributed by atoms with E-state index in [0.29, 0.717) is 47.3 Å². The minimum absolute atomic E-state index is 0.209. The van der Waals surface area contributed by atoms with Gasteiger partial charge >= 0.3 is 0 Å². The Hall–Kier alpha value is -3.85. The van der Waals surface area contributed by atoms with Gasteiger partial charge < -0.3 is 16.4 Å². The number of thiophene rings is 1. The molecule has 4 aromatic rings. The standard InChI is InChI=1S/C28H28FN5O2S.C2H6/c1-14(2)10-19-22(26(30)35)24(21-12-16-8-9-32-27(31-3)25(16)37-21)23-20(34-19)13-18(33-28(23)36)11-15-4-6-17(29)7-5-15;1-2/h4-9,12,14,18H,10-11,13H2,1-3H3,(H2,30,35)(H,31,32)(H,33,36);1-2H3. The van der Waals surface area contributed by atoms with Crippen molar-refractivity contribution in [3.8, 4) is 10.4 Å². The molecule has 9 heteroatoms. The number of hydrogen-bond donors (Lipinski definition) is 3. The maximum absolute atomic E-state index is 13.6. The Balaban J connectivity index is 0.00000172. The molecule has 4 N–H and O–H groups in total. The number of hydrogen-bond acceptors (Lipinski definition) is 6. The molecular formula is C30H34FN5O2S. The molecule has 5 rings (SSSR count). The fraction of sp³-hybridized carbons (Fsp3) is 0.333. The molecule has 39 heavy (non-hydrogen) atoms. The fourth-order valence-electron chi connectivity index (χ4n) is 4.96. The number of nitrogens with one attached hydrogen (secondary N) is 2. The summed E-state index contributed by atoms with van der Waals surface area (Å²) in [5.74, 6) is -0.245. The molecule has 4 heterocycles. The molecule has 1 atom stereocenters. The third-order valence-electron chi connectivity index (χ3n) is 6.51. The predicted octanol–water partition coefficient (Wildman–Crippen LogP) is 5.76. The number of halogens is 1. The van der Waals surface area contributed by atoms with Crippen LogP contribution in [0.5, 0.6) is 0 Å². The van der Waals surface area contributed by atoms with Crippen LogP contribution in [0.3, 0.4) is 0 Å². The number of nitrogens with zero attached hydrogens (tertiary/aromatic N) is 2. The van der Waals surface area contributed by atoms with Crippen molar-refractivity contribution in [3.05, 3.63) is 76.5 Å². The fourth-order valence-corrected chi connectivity index (χ4v) is 6.17. The number of amides is 2. The van der Waals surface area contributed by atoms with Crippen molar-refractivity contribution in [2.24, 2.45) is 11.7 Å². The molecule has 0 aliphatic carbocycles. The van der Waals surface area contributed by atoms with Crippen LogP contribution in [0.25, 0.3) is 20.5 Å². The first-order valence-electron chi connectivity index (χ1n) is 13.2. The first kappa shape index (κ1) is 28.2. The van der Waals surface area contributed by atoms with Crippen LogP contribution in [-0.4, -0.2) is 34.9 Å². The van der Waals surface area contributed by atoms with E-state index in [1.807, 2.05) is 26.0 Å². The highest BCUT2D eigenvalue weighted by atomic mass is 32.1. The molecule has 1 aliphatic heterocycles. The van der Waals surface area contributed by atoms with Crippen LogP contribution in [-0.2, 0) is 19.3 Å². The maximum Gasteiger partial charge on any atom is 0.254 e. The van der Waals surface area contributed by atoms with Crippen LogP contribution < -0.4 is 16.4 Å². The monoisotopic (exact) mass is 547 g/mol. The molecule has 0 radical (unpaired) electrons. The summed E-state index contributed by atoms with van der Waals surface area (Å²) < 4.78 is 14.3. The van der Waals surface area contributed by atoms with Crippen LogP contribution in [0.1, 0.15) is 65.4 Å². The molecule has 2 amide bonds. The van der Waals surface area contributed by atoms with Crippen molar-refractivity contribution in [1.29, 1.82) is 0 Å². The molecule has 204 valence electrons. The SMILES string of the molecule is CC.CNc1nccc2cc(-c3c(C(N)=O)c(CC(C)C)nc4c3C(=O)NC(Cc3ccc(F)cc3)C4)sc12. The lowest BCUT2D eigenvalue weighted by Gasteiger charge is -2.28. The highest BCUT2D eigenvalue weighted by Crippen LogP contribution is 2.42. The normalized spacial score (nSPS) is 14.4. The second-order valence-electron chi connectivity index (χ2n) is 9.74. The average molecular weight is 548 g/mol. The van der Waals surface area contributed by atoms with Gasteiger partial charge in [-0.25, -0.2) is 9.37 Å². The van der Waals surface area contributed by atoms with Gasteiger partial charge in [0.1, 0.15) is 11.6 Å². The Morgan fingerprint density at radius 2 is 1.92 bits per heavy atom. The quantitative estimate of drug-likeness (QED) is 0.273. The molecular weight excluding hydrogens is 513 g/mol. The number of rotatable bonds is 7. The van der Waals surface area contributed by atoms with Gasteiger partial charge in [-0.05, 0) is 54.0 Å². The van der Waals surface area contributed by atoms with E-state index in [4.69, 9.17) is 10.7 Å². The number of anilines is 1. The number of benzene rings is 1. The van der Waals surface area contributed by atoms with Crippen molar-refractivity contribution < 1.29 is 14.0 Å². The second kappa shape index (κ2) is 11.9. The van der Waals surface area contributed by atoms with Gasteiger partial charge in [0, 0.05) is 36.1 Å². The molecule has 3 aromatic heterocycles. The number of carbonyl (C=O) groups is 2. The van der Waals surface area contributed by atoms with Gasteiger partial charge in [-0.1, -0.05) is 39.8 Å². The minimum Gasteiger partial charge on any atom is -0.372 e. The molecule has 1 aromatic carbocycles. The third-order valence-corrected chi connectivity index (χ3v) is 7.68. The largest absolute Gasteiger partial charge is 0.372 e. The van der Waals surface area contributed by atoms with E-state index in [-0.39, 0.29) is 23.7 Å². The number of nitrogens with two attached hydrogens (primary N) is 1. The molecule has 0 saturated carbocycles. The maximum atomic E-state index is 13.6. The summed E-state index contributed by atoms with van der Waals surface area (Å²) in [6.45, 7) is 8.11. The molecule has 0 saturated heterocycles. The van der Waals surface area contributed by atoms with Crippen LogP contribution in [0, 0.1) is 11.7 Å². The lowest BCUT2D eigenvalue weighted by atomic mass is 9.87. The lowest BCUT2D eigenvalue weighted by Crippen LogP contribution is -2.44. The number of aromatic nitrogens is 2. The molecule has 1 unspecified atom stereocenters. The number of pyridine rings is 2. The zero-order chi connectivity index (χ0) is 28.3. The van der Waals surface area contributed by atoms with Crippen LogP contribution in [0.15, 0.2) is 42.6 Å². The average Bonchev–Trinajstić information content (AvgIpc) is 3.34. The van der Waals surface area contributed by atoms with Gasteiger partial charge in [0.2, 0.25) is 0 Å². The highest BCUT2D eigenvalue weighted by molar-refractivity contribution is 7.22. The zero-order valence-electron chi connectivity index (χ0n) is 22.9. The first-order chi connectivity index (χ1) is 18.7. The highest BCUT2D eigenvalue weighted by Gasteiger charge is 2.34. The van der Waals surface area contributed by atoms with E-state index in [1.54, 1.807) is 25.4 Å². The van der Waals surface area contributed by atoms with Crippen molar-refractivity contribution >= 4 is 39.1 Å². The van der Waals surface area contributed by atoms with E-state index in [0.717, 1.165) is 26.3 Å². The Morgan fingerprint density at radius 3 is 2.56 bits per heavy atom. The molecule has 1 aliphatic rings. The van der Waals surface area contributed by atoms with Crippen LogP contribution >= 0.6 is 11.3 Å². The van der Waals surface area contributed by atoms with Crippen molar-refractivity contribution in [3.63, 3.8) is 0 Å². The Kier molecular flexibility index (Phi) is 8.60. The summed E-state index contributed by atoms with van der Waals surface area (Å²) in [6.07, 6.45) is 3.30. The van der Waals surface area contributed by atoms with E-state index in [2.05, 4.69) is 29.5 Å². The Labute approximate surface area is 232 Å². The summed E-state index contributed by atoms with van der Waals surface area (Å²) in [6, 6.07) is 9.95. The van der Waals surface area contributed by atoms with Gasteiger partial charge in [-0.2, -0.15) is 0 Å². The van der Waals surface area contributed by atoms with Gasteiger partial charge in [-0.15, -0.1) is 11.3 Å². The van der Waals surface area contributed by atoms with E-state index < -0.39 is 5.91 Å². The number of fused-ring (bicyclic) bond motifs is 2. The minimum atomic E-state index is -0.605. The van der Waals surface area contributed by atoms with Gasteiger partial charge in [0.15, 0.2) is 0 Å². The molecule has 7 nitrogen and oxygen atoms in total. The summed E-state index contributed by atoms with van der Waals surface area (Å²) >= 11 is 1.46. The summed E-state index contributed by atoms with van der Waals surface area (Å²) in [4.78, 5) is 36.5. The zero-order valence-corrected chi connectivity index (χ0v) is 23.7. The Morgan fingerprint density at radius 1 is 1.21 bits per heavy atom. The van der Waals surface area contributed by atoms with Gasteiger partial charge in [0.05, 0.1) is 27.2 Å². The Bertz CT molecular complexity index is 1510. The van der Waals surface area contributed by atoms with Crippen LogP contribution in [0.4, 0.5) is 10.2 Å². The van der Waals surface area contributed by atoms with Crippen molar-refractivity contribution in [1.82, 2.24) is 15.3 Å². The third kappa shape index (κ3) is 5.78. The topological polar surface area (TPSA) is 110 Å². The van der Waals surface area contributed by atoms with Crippen molar-refractivity contribution in [2.75, 3.05) is 12.4 Å².